The fourth-order valence-electron chi connectivity index (χ4n) is 2.52. The normalized spacial score (nSPS) is 13.0. The lowest BCUT2D eigenvalue weighted by Crippen LogP contribution is -2.30. The molecule has 5 nitrogen and oxygen atoms in total. The highest BCUT2D eigenvalue weighted by molar-refractivity contribution is 5.96. The summed E-state index contributed by atoms with van der Waals surface area (Å²) >= 11 is 0. The second-order valence-electron chi connectivity index (χ2n) is 6.06. The van der Waals surface area contributed by atoms with Crippen molar-refractivity contribution in [2.24, 2.45) is 0 Å². The van der Waals surface area contributed by atoms with Crippen molar-refractivity contribution in [3.8, 4) is 11.5 Å². The van der Waals surface area contributed by atoms with E-state index in [1.54, 1.807) is 32.2 Å². The van der Waals surface area contributed by atoms with E-state index in [-0.39, 0.29) is 5.91 Å². The fourth-order valence-corrected chi connectivity index (χ4v) is 2.52. The van der Waals surface area contributed by atoms with Crippen LogP contribution in [0.25, 0.3) is 0 Å². The van der Waals surface area contributed by atoms with Crippen LogP contribution in [0, 0.1) is 0 Å². The van der Waals surface area contributed by atoms with Crippen molar-refractivity contribution >= 4 is 17.3 Å². The standard InChI is InChI=1S/C20H26N2O3/c1-5-13(2)16-8-6-7-9-18(16)25-14(3)20(23)22-17-12-15(21)10-11-19(17)24-4/h6-14H,5,21H2,1-4H3,(H,22,23)/t13-,14-/m1/s1. The molecule has 0 aromatic heterocycles. The zero-order valence-electron chi connectivity index (χ0n) is 15.2. The first-order valence-electron chi connectivity index (χ1n) is 8.46. The van der Waals surface area contributed by atoms with Gasteiger partial charge in [-0.3, -0.25) is 4.79 Å². The Labute approximate surface area is 149 Å². The average Bonchev–Trinajstić information content (AvgIpc) is 2.61. The van der Waals surface area contributed by atoms with Gasteiger partial charge in [0.1, 0.15) is 11.5 Å². The van der Waals surface area contributed by atoms with Gasteiger partial charge in [0.2, 0.25) is 0 Å². The molecule has 5 heteroatoms. The molecular formula is C20H26N2O3. The number of rotatable bonds is 7. The summed E-state index contributed by atoms with van der Waals surface area (Å²) in [4.78, 5) is 12.5. The van der Waals surface area contributed by atoms with Gasteiger partial charge in [-0.25, -0.2) is 0 Å². The molecule has 0 radical (unpaired) electrons. The summed E-state index contributed by atoms with van der Waals surface area (Å²) in [6.45, 7) is 6.00. The van der Waals surface area contributed by atoms with Gasteiger partial charge in [0.05, 0.1) is 12.8 Å². The molecule has 0 bridgehead atoms. The Morgan fingerprint density at radius 1 is 1.16 bits per heavy atom. The number of carbonyl (C=O) groups excluding carboxylic acids is 1. The molecule has 0 spiro atoms. The van der Waals surface area contributed by atoms with E-state index in [1.807, 2.05) is 24.3 Å². The molecule has 1 amide bonds. The van der Waals surface area contributed by atoms with Crippen LogP contribution in [0.5, 0.6) is 11.5 Å². The van der Waals surface area contributed by atoms with E-state index in [0.29, 0.717) is 23.0 Å². The minimum absolute atomic E-state index is 0.261. The first-order chi connectivity index (χ1) is 12.0. The lowest BCUT2D eigenvalue weighted by atomic mass is 9.98. The highest BCUT2D eigenvalue weighted by Crippen LogP contribution is 2.30. The van der Waals surface area contributed by atoms with Crippen molar-refractivity contribution < 1.29 is 14.3 Å². The van der Waals surface area contributed by atoms with Gasteiger partial charge in [0.15, 0.2) is 6.10 Å². The molecule has 2 aromatic rings. The Morgan fingerprint density at radius 3 is 2.56 bits per heavy atom. The maximum Gasteiger partial charge on any atom is 0.265 e. The molecular weight excluding hydrogens is 316 g/mol. The average molecular weight is 342 g/mol. The predicted octanol–water partition coefficient (Wildman–Crippen LogP) is 4.20. The zero-order chi connectivity index (χ0) is 18.4. The molecule has 2 aromatic carbocycles. The quantitative estimate of drug-likeness (QED) is 0.740. The second-order valence-corrected chi connectivity index (χ2v) is 6.06. The lowest BCUT2D eigenvalue weighted by Gasteiger charge is -2.20. The van der Waals surface area contributed by atoms with Crippen molar-refractivity contribution in [2.75, 3.05) is 18.2 Å². The first-order valence-corrected chi connectivity index (χ1v) is 8.46. The summed E-state index contributed by atoms with van der Waals surface area (Å²) in [6, 6.07) is 12.9. The maximum absolute atomic E-state index is 12.5. The predicted molar refractivity (Wildman–Crippen MR) is 101 cm³/mol. The largest absolute Gasteiger partial charge is 0.495 e. The number of nitrogen functional groups attached to an aromatic ring is 1. The fraction of sp³-hybridized carbons (Fsp3) is 0.350. The van der Waals surface area contributed by atoms with Crippen LogP contribution in [0.1, 0.15) is 38.7 Å². The molecule has 0 saturated carbocycles. The van der Waals surface area contributed by atoms with Crippen LogP contribution in [0.3, 0.4) is 0 Å². The third-order valence-electron chi connectivity index (χ3n) is 4.22. The highest BCUT2D eigenvalue weighted by atomic mass is 16.5. The van der Waals surface area contributed by atoms with Crippen LogP contribution in [-0.4, -0.2) is 19.1 Å². The van der Waals surface area contributed by atoms with Gasteiger partial charge in [-0.05, 0) is 49.1 Å². The summed E-state index contributed by atoms with van der Waals surface area (Å²) in [5.41, 5.74) is 7.96. The smallest absolute Gasteiger partial charge is 0.265 e. The van der Waals surface area contributed by atoms with Gasteiger partial charge in [0, 0.05) is 5.69 Å². The molecule has 0 aliphatic carbocycles. The van der Waals surface area contributed by atoms with Crippen LogP contribution in [0.4, 0.5) is 11.4 Å². The Kier molecular flexibility index (Phi) is 6.28. The van der Waals surface area contributed by atoms with E-state index in [9.17, 15) is 4.79 Å². The van der Waals surface area contributed by atoms with E-state index in [2.05, 4.69) is 19.2 Å². The van der Waals surface area contributed by atoms with Crippen molar-refractivity contribution in [2.45, 2.75) is 39.2 Å². The number of hydrogen-bond donors (Lipinski definition) is 2. The SMILES string of the molecule is CC[C@@H](C)c1ccccc1O[C@H](C)C(=O)Nc1cc(N)ccc1OC. The number of amides is 1. The van der Waals surface area contributed by atoms with E-state index in [4.69, 9.17) is 15.2 Å². The van der Waals surface area contributed by atoms with E-state index in [0.717, 1.165) is 17.7 Å². The molecule has 25 heavy (non-hydrogen) atoms. The molecule has 0 unspecified atom stereocenters. The van der Waals surface area contributed by atoms with Gasteiger partial charge in [0.25, 0.3) is 5.91 Å². The topological polar surface area (TPSA) is 73.6 Å². The van der Waals surface area contributed by atoms with Crippen LogP contribution in [0.2, 0.25) is 0 Å². The molecule has 0 saturated heterocycles. The van der Waals surface area contributed by atoms with Crippen molar-refractivity contribution in [3.63, 3.8) is 0 Å². The summed E-state index contributed by atoms with van der Waals surface area (Å²) in [5, 5.41) is 2.82. The Morgan fingerprint density at radius 2 is 1.88 bits per heavy atom. The van der Waals surface area contributed by atoms with E-state index < -0.39 is 6.10 Å². The maximum atomic E-state index is 12.5. The highest BCUT2D eigenvalue weighted by Gasteiger charge is 2.19. The molecule has 0 fully saturated rings. The van der Waals surface area contributed by atoms with Gasteiger partial charge in [-0.15, -0.1) is 0 Å². The molecule has 3 N–H and O–H groups in total. The third-order valence-corrected chi connectivity index (χ3v) is 4.22. The molecule has 0 aliphatic heterocycles. The number of para-hydroxylation sites is 1. The van der Waals surface area contributed by atoms with Gasteiger partial charge >= 0.3 is 0 Å². The molecule has 2 atom stereocenters. The molecule has 134 valence electrons. The minimum Gasteiger partial charge on any atom is -0.495 e. The van der Waals surface area contributed by atoms with Crippen molar-refractivity contribution in [3.05, 3.63) is 48.0 Å². The summed E-state index contributed by atoms with van der Waals surface area (Å²) < 4.78 is 11.2. The van der Waals surface area contributed by atoms with Gasteiger partial charge < -0.3 is 20.5 Å². The number of ether oxygens (including phenoxy) is 2. The van der Waals surface area contributed by atoms with E-state index in [1.165, 1.54) is 0 Å². The third kappa shape index (κ3) is 4.66. The Hall–Kier alpha value is -2.69. The number of nitrogens with one attached hydrogen (secondary N) is 1. The molecule has 2 rings (SSSR count). The summed E-state index contributed by atoms with van der Waals surface area (Å²) in [7, 11) is 1.55. The molecule has 0 aliphatic rings. The lowest BCUT2D eigenvalue weighted by molar-refractivity contribution is -0.122. The first kappa shape index (κ1) is 18.6. The molecule has 0 heterocycles. The second kappa shape index (κ2) is 8.42. The summed E-state index contributed by atoms with van der Waals surface area (Å²) in [6.07, 6.45) is 0.345. The van der Waals surface area contributed by atoms with Crippen LogP contribution < -0.4 is 20.5 Å². The van der Waals surface area contributed by atoms with Crippen LogP contribution in [-0.2, 0) is 4.79 Å². The van der Waals surface area contributed by atoms with Crippen molar-refractivity contribution in [1.82, 2.24) is 0 Å². The summed E-state index contributed by atoms with van der Waals surface area (Å²) in [5.74, 6) is 1.39. The van der Waals surface area contributed by atoms with Gasteiger partial charge in [-0.2, -0.15) is 0 Å². The number of nitrogens with two attached hydrogens (primary N) is 1. The number of benzene rings is 2. The van der Waals surface area contributed by atoms with Crippen LogP contribution >= 0.6 is 0 Å². The Balaban J connectivity index is 2.13. The number of hydrogen-bond acceptors (Lipinski definition) is 4. The van der Waals surface area contributed by atoms with Crippen LogP contribution in [0.15, 0.2) is 42.5 Å². The number of methoxy groups -OCH3 is 1. The van der Waals surface area contributed by atoms with Crippen molar-refractivity contribution in [1.29, 1.82) is 0 Å². The number of carbonyl (C=O) groups is 1. The zero-order valence-corrected chi connectivity index (χ0v) is 15.2. The van der Waals surface area contributed by atoms with Gasteiger partial charge in [-0.1, -0.05) is 32.0 Å². The van der Waals surface area contributed by atoms with E-state index >= 15 is 0 Å². The number of anilines is 2. The minimum atomic E-state index is -0.656. The Bertz CT molecular complexity index is 731. The monoisotopic (exact) mass is 342 g/mol.